The molecule has 0 saturated carbocycles. The van der Waals surface area contributed by atoms with Gasteiger partial charge in [0.25, 0.3) is 0 Å². The molecule has 2 heteroatoms. The molecule has 3 aromatic rings. The van der Waals surface area contributed by atoms with Crippen LogP contribution in [0.4, 0.5) is 0 Å². The maximum atomic E-state index is 2.67. The summed E-state index contributed by atoms with van der Waals surface area (Å²) in [4.78, 5) is 2.67. The van der Waals surface area contributed by atoms with Crippen LogP contribution in [-0.2, 0) is 19.5 Å². The lowest BCUT2D eigenvalue weighted by atomic mass is 9.86. The molecule has 30 heavy (non-hydrogen) atoms. The number of fused-ring (bicyclic) bond motifs is 1. The van der Waals surface area contributed by atoms with Crippen LogP contribution in [0.3, 0.4) is 0 Å². The SMILES string of the molecule is CC(C)CCc1cn(CC(C)C2CCCN(Cc3ccccc3)C2)c2ccccc12. The molecule has 0 amide bonds. The van der Waals surface area contributed by atoms with Crippen molar-refractivity contribution in [3.8, 4) is 0 Å². The lowest BCUT2D eigenvalue weighted by Gasteiger charge is -2.36. The van der Waals surface area contributed by atoms with Gasteiger partial charge in [-0.1, -0.05) is 69.3 Å². The minimum atomic E-state index is 0.692. The van der Waals surface area contributed by atoms with Crippen molar-refractivity contribution in [2.24, 2.45) is 17.8 Å². The number of piperidine rings is 1. The quantitative estimate of drug-likeness (QED) is 0.403. The molecule has 2 nitrogen and oxygen atoms in total. The van der Waals surface area contributed by atoms with E-state index >= 15 is 0 Å². The fourth-order valence-corrected chi connectivity index (χ4v) is 5.12. The first-order valence-corrected chi connectivity index (χ1v) is 11.9. The van der Waals surface area contributed by atoms with Crippen LogP contribution in [0.1, 0.15) is 51.2 Å². The zero-order valence-electron chi connectivity index (χ0n) is 19.1. The number of aromatic nitrogens is 1. The number of aryl methyl sites for hydroxylation is 1. The van der Waals surface area contributed by atoms with Gasteiger partial charge in [0.05, 0.1) is 0 Å². The first-order valence-electron chi connectivity index (χ1n) is 11.9. The molecule has 1 aliphatic heterocycles. The number of nitrogens with zero attached hydrogens (tertiary/aromatic N) is 2. The smallest absolute Gasteiger partial charge is 0.0483 e. The lowest BCUT2D eigenvalue weighted by molar-refractivity contribution is 0.127. The van der Waals surface area contributed by atoms with E-state index in [9.17, 15) is 0 Å². The second-order valence-corrected chi connectivity index (χ2v) is 9.86. The fourth-order valence-electron chi connectivity index (χ4n) is 5.12. The summed E-state index contributed by atoms with van der Waals surface area (Å²) in [5.41, 5.74) is 4.39. The minimum absolute atomic E-state index is 0.692. The number of benzene rings is 2. The van der Waals surface area contributed by atoms with Gasteiger partial charge in [-0.05, 0) is 67.2 Å². The third-order valence-corrected chi connectivity index (χ3v) is 6.94. The lowest BCUT2D eigenvalue weighted by Crippen LogP contribution is -2.38. The van der Waals surface area contributed by atoms with Gasteiger partial charge in [-0.25, -0.2) is 0 Å². The highest BCUT2D eigenvalue weighted by Crippen LogP contribution is 2.29. The molecule has 1 aliphatic rings. The van der Waals surface area contributed by atoms with Crippen molar-refractivity contribution < 1.29 is 0 Å². The second-order valence-electron chi connectivity index (χ2n) is 9.86. The van der Waals surface area contributed by atoms with Crippen LogP contribution >= 0.6 is 0 Å². The topological polar surface area (TPSA) is 8.17 Å². The molecule has 1 fully saturated rings. The molecule has 2 atom stereocenters. The van der Waals surface area contributed by atoms with Crippen molar-refractivity contribution >= 4 is 10.9 Å². The van der Waals surface area contributed by atoms with Crippen LogP contribution in [0.5, 0.6) is 0 Å². The van der Waals surface area contributed by atoms with E-state index in [-0.39, 0.29) is 0 Å². The van der Waals surface area contributed by atoms with Crippen molar-refractivity contribution in [2.75, 3.05) is 13.1 Å². The number of hydrogen-bond acceptors (Lipinski definition) is 1. The maximum Gasteiger partial charge on any atom is 0.0483 e. The predicted molar refractivity (Wildman–Crippen MR) is 129 cm³/mol. The number of para-hydroxylation sites is 1. The molecule has 0 radical (unpaired) electrons. The predicted octanol–water partition coefficient (Wildman–Crippen LogP) is 6.78. The Morgan fingerprint density at radius 1 is 0.967 bits per heavy atom. The first-order chi connectivity index (χ1) is 14.6. The minimum Gasteiger partial charge on any atom is -0.347 e. The van der Waals surface area contributed by atoms with Crippen LogP contribution in [-0.4, -0.2) is 22.6 Å². The summed E-state index contributed by atoms with van der Waals surface area (Å²) in [7, 11) is 0. The average molecular weight is 403 g/mol. The number of rotatable bonds is 8. The highest BCUT2D eigenvalue weighted by Gasteiger charge is 2.25. The summed E-state index contributed by atoms with van der Waals surface area (Å²) in [6.45, 7) is 11.8. The summed E-state index contributed by atoms with van der Waals surface area (Å²) < 4.78 is 2.55. The van der Waals surface area contributed by atoms with Gasteiger partial charge in [0, 0.05) is 36.7 Å². The van der Waals surface area contributed by atoms with Gasteiger partial charge in [-0.3, -0.25) is 4.90 Å². The van der Waals surface area contributed by atoms with Crippen LogP contribution < -0.4 is 0 Å². The zero-order valence-corrected chi connectivity index (χ0v) is 19.1. The summed E-state index contributed by atoms with van der Waals surface area (Å²) >= 11 is 0. The van der Waals surface area contributed by atoms with Gasteiger partial charge < -0.3 is 4.57 Å². The molecule has 160 valence electrons. The molecule has 0 spiro atoms. The van der Waals surface area contributed by atoms with Crippen LogP contribution in [0.15, 0.2) is 60.8 Å². The largest absolute Gasteiger partial charge is 0.347 e. The average Bonchev–Trinajstić information content (AvgIpc) is 3.11. The van der Waals surface area contributed by atoms with E-state index in [2.05, 4.69) is 91.0 Å². The Kier molecular flexibility index (Phi) is 6.94. The molecule has 2 heterocycles. The summed E-state index contributed by atoms with van der Waals surface area (Å²) in [5, 5.41) is 1.46. The monoisotopic (exact) mass is 402 g/mol. The fraction of sp³-hybridized carbons (Fsp3) is 0.500. The molecule has 0 bridgehead atoms. The van der Waals surface area contributed by atoms with E-state index in [1.165, 1.54) is 60.8 Å². The molecule has 2 aromatic carbocycles. The summed E-state index contributed by atoms with van der Waals surface area (Å²) in [6.07, 6.45) is 7.60. The van der Waals surface area contributed by atoms with E-state index in [1.807, 2.05) is 0 Å². The van der Waals surface area contributed by atoms with Gasteiger partial charge in [0.1, 0.15) is 0 Å². The Bertz CT molecular complexity index is 924. The second kappa shape index (κ2) is 9.83. The van der Waals surface area contributed by atoms with Crippen LogP contribution in [0.25, 0.3) is 10.9 Å². The Labute approximate surface area is 182 Å². The molecule has 2 unspecified atom stereocenters. The van der Waals surface area contributed by atoms with Gasteiger partial charge in [0.2, 0.25) is 0 Å². The zero-order chi connectivity index (χ0) is 20.9. The van der Waals surface area contributed by atoms with Crippen molar-refractivity contribution in [3.63, 3.8) is 0 Å². The highest BCUT2D eigenvalue weighted by atomic mass is 15.1. The number of hydrogen-bond donors (Lipinski definition) is 0. The standard InChI is InChI=1S/C28H38N2/c1-22(2)15-16-26-21-30(28-14-8-7-13-27(26)28)18-23(3)25-12-9-17-29(20-25)19-24-10-5-4-6-11-24/h4-8,10-11,13-14,21-23,25H,9,12,15-20H2,1-3H3. The van der Waals surface area contributed by atoms with Crippen molar-refractivity contribution in [1.29, 1.82) is 0 Å². The van der Waals surface area contributed by atoms with Crippen molar-refractivity contribution in [1.82, 2.24) is 9.47 Å². The summed E-state index contributed by atoms with van der Waals surface area (Å²) in [6, 6.07) is 20.0. The third-order valence-electron chi connectivity index (χ3n) is 6.94. The highest BCUT2D eigenvalue weighted by molar-refractivity contribution is 5.84. The molecular weight excluding hydrogens is 364 g/mol. The Balaban J connectivity index is 1.44. The molecular formula is C28H38N2. The molecule has 0 N–H and O–H groups in total. The van der Waals surface area contributed by atoms with Gasteiger partial charge in [-0.15, -0.1) is 0 Å². The Morgan fingerprint density at radius 2 is 1.73 bits per heavy atom. The normalized spacial score (nSPS) is 18.9. The van der Waals surface area contributed by atoms with Gasteiger partial charge in [0.15, 0.2) is 0 Å². The summed E-state index contributed by atoms with van der Waals surface area (Å²) in [5.74, 6) is 2.23. The van der Waals surface area contributed by atoms with E-state index < -0.39 is 0 Å². The maximum absolute atomic E-state index is 2.67. The van der Waals surface area contributed by atoms with Crippen molar-refractivity contribution in [3.05, 3.63) is 71.9 Å². The van der Waals surface area contributed by atoms with E-state index in [0.29, 0.717) is 5.92 Å². The molecule has 1 aromatic heterocycles. The van der Waals surface area contributed by atoms with Gasteiger partial charge in [-0.2, -0.15) is 0 Å². The first kappa shape index (κ1) is 21.2. The Morgan fingerprint density at radius 3 is 2.53 bits per heavy atom. The molecule has 4 rings (SSSR count). The van der Waals surface area contributed by atoms with E-state index in [4.69, 9.17) is 0 Å². The van der Waals surface area contributed by atoms with E-state index in [0.717, 1.165) is 24.9 Å². The van der Waals surface area contributed by atoms with Crippen LogP contribution in [0.2, 0.25) is 0 Å². The molecule has 0 aliphatic carbocycles. The van der Waals surface area contributed by atoms with E-state index in [1.54, 1.807) is 0 Å². The van der Waals surface area contributed by atoms with Crippen molar-refractivity contribution in [2.45, 2.75) is 59.5 Å². The third kappa shape index (κ3) is 5.16. The van der Waals surface area contributed by atoms with Crippen LogP contribution in [0, 0.1) is 17.8 Å². The Hall–Kier alpha value is -2.06. The molecule has 1 saturated heterocycles. The number of likely N-dealkylation sites (tertiary alicyclic amines) is 1. The van der Waals surface area contributed by atoms with Gasteiger partial charge >= 0.3 is 0 Å².